The number of nitrogens with two attached hydrogens (primary N) is 1. The van der Waals surface area contributed by atoms with Gasteiger partial charge >= 0.3 is 0 Å². The summed E-state index contributed by atoms with van der Waals surface area (Å²) in [6, 6.07) is 0.431. The normalized spacial score (nSPS) is 17.6. The Morgan fingerprint density at radius 3 is 2.56 bits per heavy atom. The number of nitrogens with zero attached hydrogens (tertiary/aromatic N) is 2. The highest BCUT2D eigenvalue weighted by molar-refractivity contribution is 7.89. The van der Waals surface area contributed by atoms with Crippen LogP contribution in [0.5, 0.6) is 0 Å². The molecule has 0 spiro atoms. The molecule has 1 aliphatic carbocycles. The smallest absolute Gasteiger partial charge is 0.215 e. The van der Waals surface area contributed by atoms with Crippen molar-refractivity contribution in [3.05, 3.63) is 0 Å². The van der Waals surface area contributed by atoms with E-state index in [1.807, 2.05) is 0 Å². The highest BCUT2D eigenvalue weighted by Gasteiger charge is 2.22. The van der Waals surface area contributed by atoms with Gasteiger partial charge in [0.05, 0.1) is 12.3 Å². The molecule has 8 heteroatoms. The van der Waals surface area contributed by atoms with Crippen LogP contribution in [0.2, 0.25) is 0 Å². The molecule has 1 saturated carbocycles. The molecule has 0 aromatic heterocycles. The van der Waals surface area contributed by atoms with Gasteiger partial charge in [-0.2, -0.15) is 0 Å². The first-order chi connectivity index (χ1) is 7.45. The maximum Gasteiger partial charge on any atom is 0.215 e. The van der Waals surface area contributed by atoms with Gasteiger partial charge in [0, 0.05) is 20.1 Å². The van der Waals surface area contributed by atoms with Crippen molar-refractivity contribution in [2.45, 2.75) is 18.9 Å². The Labute approximate surface area is 96.1 Å². The lowest BCUT2D eigenvalue weighted by molar-refractivity contribution is 0.521. The number of hydrogen-bond donors (Lipinski definition) is 3. The minimum absolute atomic E-state index is 0.0163. The fourth-order valence-electron chi connectivity index (χ4n) is 1.01. The Kier molecular flexibility index (Phi) is 4.51. The van der Waals surface area contributed by atoms with Crippen LogP contribution in [-0.2, 0) is 10.0 Å². The number of rotatable bonds is 5. The summed E-state index contributed by atoms with van der Waals surface area (Å²) in [4.78, 5) is 4.05. The quantitative estimate of drug-likeness (QED) is 0.237. The van der Waals surface area contributed by atoms with Crippen LogP contribution in [0.25, 0.3) is 0 Å². The monoisotopic (exact) mass is 249 g/mol. The second-order valence-corrected chi connectivity index (χ2v) is 6.19. The van der Waals surface area contributed by atoms with E-state index in [9.17, 15) is 8.42 Å². The largest absolute Gasteiger partial charge is 0.353 e. The molecule has 1 rings (SSSR count). The van der Waals surface area contributed by atoms with Gasteiger partial charge in [0.25, 0.3) is 0 Å². The van der Waals surface area contributed by atoms with E-state index in [4.69, 9.17) is 5.84 Å². The minimum atomic E-state index is -3.19. The molecule has 94 valence electrons. The zero-order chi connectivity index (χ0) is 12.2. The fraction of sp³-hybridized carbons (Fsp3) is 0.875. The molecule has 0 aromatic rings. The van der Waals surface area contributed by atoms with Crippen molar-refractivity contribution in [1.82, 2.24) is 15.0 Å². The Bertz CT molecular complexity index is 347. The lowest BCUT2D eigenvalue weighted by Crippen LogP contribution is -2.43. The molecule has 16 heavy (non-hydrogen) atoms. The van der Waals surface area contributed by atoms with Gasteiger partial charge in [-0.1, -0.05) is 0 Å². The van der Waals surface area contributed by atoms with Crippen LogP contribution in [0.1, 0.15) is 12.8 Å². The third kappa shape index (κ3) is 4.33. The van der Waals surface area contributed by atoms with Gasteiger partial charge in [-0.3, -0.25) is 10.4 Å². The molecule has 1 fully saturated rings. The Hall–Kier alpha value is -0.860. The van der Waals surface area contributed by atoms with Crippen molar-refractivity contribution in [3.63, 3.8) is 0 Å². The third-order valence-corrected chi connectivity index (χ3v) is 4.04. The lowest BCUT2D eigenvalue weighted by atomic mass is 10.7. The van der Waals surface area contributed by atoms with E-state index >= 15 is 0 Å². The maximum atomic E-state index is 11.4. The van der Waals surface area contributed by atoms with Crippen LogP contribution in [0.3, 0.4) is 0 Å². The summed E-state index contributed by atoms with van der Waals surface area (Å²) in [6.45, 7) is 0.194. The molecule has 0 heterocycles. The van der Waals surface area contributed by atoms with Crippen molar-refractivity contribution >= 4 is 16.0 Å². The molecule has 0 unspecified atom stereocenters. The van der Waals surface area contributed by atoms with E-state index in [1.54, 1.807) is 0 Å². The topological polar surface area (TPSA) is 99.8 Å². The lowest BCUT2D eigenvalue weighted by Gasteiger charge is -2.11. The summed E-state index contributed by atoms with van der Waals surface area (Å²) in [5.41, 5.74) is 2.42. The molecule has 0 amide bonds. The number of hydrazine groups is 1. The fourth-order valence-corrected chi connectivity index (χ4v) is 1.70. The molecule has 0 saturated heterocycles. The standard InChI is InChI=1S/C8H19N5O2S/c1-13(2)16(14,15)6-5-10-8(12-9)11-7-3-4-7/h7H,3-6,9H2,1-2H3,(H2,10,11,12). The first-order valence-corrected chi connectivity index (χ1v) is 6.74. The summed E-state index contributed by atoms with van der Waals surface area (Å²) < 4.78 is 24.0. The SMILES string of the molecule is CN(C)S(=O)(=O)CCN=C(NN)NC1CC1. The van der Waals surface area contributed by atoms with Crippen molar-refractivity contribution in [2.24, 2.45) is 10.8 Å². The summed E-state index contributed by atoms with van der Waals surface area (Å²) in [6.07, 6.45) is 2.22. The van der Waals surface area contributed by atoms with Crippen LogP contribution in [0, 0.1) is 0 Å². The van der Waals surface area contributed by atoms with Crippen molar-refractivity contribution in [3.8, 4) is 0 Å². The second kappa shape index (κ2) is 5.46. The van der Waals surface area contributed by atoms with Gasteiger partial charge in [0.1, 0.15) is 0 Å². The number of guanidine groups is 1. The summed E-state index contributed by atoms with van der Waals surface area (Å²) in [5, 5.41) is 3.06. The average molecular weight is 249 g/mol. The third-order valence-electron chi connectivity index (χ3n) is 2.23. The van der Waals surface area contributed by atoms with Crippen molar-refractivity contribution < 1.29 is 8.42 Å². The van der Waals surface area contributed by atoms with Crippen LogP contribution in [0.4, 0.5) is 0 Å². The molecule has 0 aromatic carbocycles. The van der Waals surface area contributed by atoms with Gasteiger partial charge < -0.3 is 5.32 Å². The van der Waals surface area contributed by atoms with E-state index < -0.39 is 10.0 Å². The Morgan fingerprint density at radius 2 is 2.12 bits per heavy atom. The zero-order valence-electron chi connectivity index (χ0n) is 9.60. The predicted octanol–water partition coefficient (Wildman–Crippen LogP) is -1.55. The van der Waals surface area contributed by atoms with Crippen molar-refractivity contribution in [1.29, 1.82) is 0 Å². The summed E-state index contributed by atoms with van der Waals surface area (Å²) in [7, 11) is -0.178. The van der Waals surface area contributed by atoms with Crippen LogP contribution < -0.4 is 16.6 Å². The first kappa shape index (κ1) is 13.2. The van der Waals surface area contributed by atoms with Gasteiger partial charge in [0.15, 0.2) is 0 Å². The number of aliphatic imine (C=N–C) groups is 1. The maximum absolute atomic E-state index is 11.4. The van der Waals surface area contributed by atoms with E-state index in [1.165, 1.54) is 18.4 Å². The molecular weight excluding hydrogens is 230 g/mol. The molecule has 0 atom stereocenters. The van der Waals surface area contributed by atoms with E-state index in [2.05, 4.69) is 15.7 Å². The molecule has 7 nitrogen and oxygen atoms in total. The first-order valence-electron chi connectivity index (χ1n) is 5.13. The van der Waals surface area contributed by atoms with Gasteiger partial charge in [-0.15, -0.1) is 0 Å². The van der Waals surface area contributed by atoms with Gasteiger partial charge in [-0.25, -0.2) is 18.6 Å². The number of hydrogen-bond acceptors (Lipinski definition) is 4. The average Bonchev–Trinajstić information content (AvgIpc) is 2.99. The summed E-state index contributed by atoms with van der Waals surface area (Å²) >= 11 is 0. The predicted molar refractivity (Wildman–Crippen MR) is 63.3 cm³/mol. The molecule has 4 N–H and O–H groups in total. The number of nitrogens with one attached hydrogen (secondary N) is 2. The molecule has 0 radical (unpaired) electrons. The molecular formula is C8H19N5O2S. The number of sulfonamides is 1. The minimum Gasteiger partial charge on any atom is -0.353 e. The summed E-state index contributed by atoms with van der Waals surface area (Å²) in [5.74, 6) is 5.69. The molecule has 0 aliphatic heterocycles. The Morgan fingerprint density at radius 1 is 1.50 bits per heavy atom. The second-order valence-electron chi connectivity index (χ2n) is 3.89. The molecule has 1 aliphatic rings. The zero-order valence-corrected chi connectivity index (χ0v) is 10.4. The van der Waals surface area contributed by atoms with E-state index in [0.717, 1.165) is 12.8 Å². The van der Waals surface area contributed by atoms with Crippen LogP contribution in [0.15, 0.2) is 4.99 Å². The molecule has 0 bridgehead atoms. The van der Waals surface area contributed by atoms with Crippen LogP contribution in [-0.4, -0.2) is 51.1 Å². The van der Waals surface area contributed by atoms with E-state index in [-0.39, 0.29) is 12.3 Å². The van der Waals surface area contributed by atoms with Gasteiger partial charge in [-0.05, 0) is 12.8 Å². The highest BCUT2D eigenvalue weighted by atomic mass is 32.2. The van der Waals surface area contributed by atoms with E-state index in [0.29, 0.717) is 12.0 Å². The van der Waals surface area contributed by atoms with Crippen LogP contribution >= 0.6 is 0 Å². The van der Waals surface area contributed by atoms with Gasteiger partial charge in [0.2, 0.25) is 16.0 Å². The Balaban J connectivity index is 2.38. The van der Waals surface area contributed by atoms with Crippen molar-refractivity contribution in [2.75, 3.05) is 26.4 Å². The highest BCUT2D eigenvalue weighted by Crippen LogP contribution is 2.18.